The average molecular weight is 264 g/mol. The van der Waals surface area contributed by atoms with Gasteiger partial charge in [0, 0.05) is 18.7 Å². The number of rotatable bonds is 3. The fourth-order valence-corrected chi connectivity index (χ4v) is 2.00. The lowest BCUT2D eigenvalue weighted by atomic mass is 10.1. The molecule has 0 aliphatic rings. The van der Waals surface area contributed by atoms with Crippen LogP contribution in [-0.2, 0) is 6.42 Å². The lowest BCUT2D eigenvalue weighted by Crippen LogP contribution is -1.92. The van der Waals surface area contributed by atoms with Gasteiger partial charge in [-0.15, -0.1) is 0 Å². The number of nitrogens with zero attached hydrogens (tertiary/aromatic N) is 4. The Morgan fingerprint density at radius 2 is 2.05 bits per heavy atom. The van der Waals surface area contributed by atoms with Gasteiger partial charge in [0.05, 0.1) is 18.7 Å². The molecule has 2 heterocycles. The smallest absolute Gasteiger partial charge is 0.156 e. The average Bonchev–Trinajstić information content (AvgIpc) is 2.89. The molecule has 0 aliphatic carbocycles. The highest BCUT2D eigenvalue weighted by atomic mass is 16.5. The number of aromatic nitrogens is 3. The number of hydrogen-bond acceptors (Lipinski definition) is 4. The number of hydrogen-bond donors (Lipinski definition) is 0. The van der Waals surface area contributed by atoms with Gasteiger partial charge in [-0.25, -0.2) is 9.50 Å². The summed E-state index contributed by atoms with van der Waals surface area (Å²) >= 11 is 0. The van der Waals surface area contributed by atoms with Gasteiger partial charge in [-0.3, -0.25) is 0 Å². The summed E-state index contributed by atoms with van der Waals surface area (Å²) < 4.78 is 6.81. The second kappa shape index (κ2) is 5.02. The van der Waals surface area contributed by atoms with Crippen LogP contribution < -0.4 is 4.74 Å². The van der Waals surface area contributed by atoms with Gasteiger partial charge < -0.3 is 4.74 Å². The van der Waals surface area contributed by atoms with E-state index >= 15 is 0 Å². The number of nitriles is 1. The third kappa shape index (κ3) is 2.31. The van der Waals surface area contributed by atoms with E-state index in [9.17, 15) is 0 Å². The summed E-state index contributed by atoms with van der Waals surface area (Å²) in [4.78, 5) is 4.43. The van der Waals surface area contributed by atoms with Crippen molar-refractivity contribution in [3.8, 4) is 11.8 Å². The van der Waals surface area contributed by atoms with E-state index in [1.165, 1.54) is 0 Å². The van der Waals surface area contributed by atoms with Crippen molar-refractivity contribution in [3.63, 3.8) is 0 Å². The van der Waals surface area contributed by atoms with Crippen molar-refractivity contribution in [1.82, 2.24) is 14.6 Å². The molecule has 0 spiro atoms. The molecule has 0 N–H and O–H groups in total. The van der Waals surface area contributed by atoms with Crippen molar-refractivity contribution in [3.05, 3.63) is 59.5 Å². The maximum atomic E-state index is 8.87. The molecular formula is C15H12N4O. The highest BCUT2D eigenvalue weighted by molar-refractivity contribution is 5.45. The zero-order valence-electron chi connectivity index (χ0n) is 10.9. The molecule has 0 unspecified atom stereocenters. The van der Waals surface area contributed by atoms with E-state index in [1.54, 1.807) is 30.0 Å². The van der Waals surface area contributed by atoms with Gasteiger partial charge in [-0.2, -0.15) is 10.4 Å². The van der Waals surface area contributed by atoms with Crippen LogP contribution in [0.25, 0.3) is 5.65 Å². The van der Waals surface area contributed by atoms with Crippen molar-refractivity contribution in [2.24, 2.45) is 0 Å². The zero-order chi connectivity index (χ0) is 13.9. The fourth-order valence-electron chi connectivity index (χ4n) is 2.00. The SMILES string of the molecule is COc1ccc(Cc2nc3cc(C#N)ccn3n2)cc1. The summed E-state index contributed by atoms with van der Waals surface area (Å²) in [7, 11) is 1.64. The molecule has 0 atom stereocenters. The van der Waals surface area contributed by atoms with E-state index in [4.69, 9.17) is 10.00 Å². The van der Waals surface area contributed by atoms with Crippen LogP contribution >= 0.6 is 0 Å². The monoisotopic (exact) mass is 264 g/mol. The Morgan fingerprint density at radius 3 is 2.75 bits per heavy atom. The van der Waals surface area contributed by atoms with Crippen LogP contribution in [0.15, 0.2) is 42.6 Å². The third-order valence-electron chi connectivity index (χ3n) is 3.03. The molecule has 2 aromatic heterocycles. The summed E-state index contributed by atoms with van der Waals surface area (Å²) in [5, 5.41) is 13.3. The van der Waals surface area contributed by atoms with Gasteiger partial charge in [0.2, 0.25) is 0 Å². The Bertz CT molecular complexity index is 784. The van der Waals surface area contributed by atoms with Gasteiger partial charge in [-0.1, -0.05) is 12.1 Å². The quantitative estimate of drug-likeness (QED) is 0.727. The van der Waals surface area contributed by atoms with Crippen molar-refractivity contribution in [1.29, 1.82) is 5.26 Å². The minimum absolute atomic E-state index is 0.584. The molecule has 0 bridgehead atoms. The molecule has 0 radical (unpaired) electrons. The summed E-state index contributed by atoms with van der Waals surface area (Å²) in [5.41, 5.74) is 2.38. The lowest BCUT2D eigenvalue weighted by Gasteiger charge is -2.00. The molecule has 0 saturated heterocycles. The summed E-state index contributed by atoms with van der Waals surface area (Å²) in [6.45, 7) is 0. The molecule has 5 heteroatoms. The molecule has 1 aromatic carbocycles. The van der Waals surface area contributed by atoms with Crippen molar-refractivity contribution >= 4 is 5.65 Å². The molecule has 0 aliphatic heterocycles. The maximum Gasteiger partial charge on any atom is 0.156 e. The Hall–Kier alpha value is -2.87. The van der Waals surface area contributed by atoms with Crippen LogP contribution in [0.1, 0.15) is 17.0 Å². The van der Waals surface area contributed by atoms with Crippen LogP contribution in [0.3, 0.4) is 0 Å². The first-order valence-electron chi connectivity index (χ1n) is 6.17. The Morgan fingerprint density at radius 1 is 1.25 bits per heavy atom. The fraction of sp³-hybridized carbons (Fsp3) is 0.133. The van der Waals surface area contributed by atoms with E-state index in [1.807, 2.05) is 24.3 Å². The lowest BCUT2D eigenvalue weighted by molar-refractivity contribution is 0.414. The summed E-state index contributed by atoms with van der Waals surface area (Å²) in [5.74, 6) is 1.56. The van der Waals surface area contributed by atoms with Gasteiger partial charge in [-0.05, 0) is 23.8 Å². The number of ether oxygens (including phenoxy) is 1. The second-order valence-corrected chi connectivity index (χ2v) is 4.38. The second-order valence-electron chi connectivity index (χ2n) is 4.38. The van der Waals surface area contributed by atoms with E-state index in [0.29, 0.717) is 17.6 Å². The van der Waals surface area contributed by atoms with Gasteiger partial charge in [0.15, 0.2) is 11.5 Å². The standard InChI is InChI=1S/C15H12N4O/c1-20-13-4-2-11(3-5-13)8-14-17-15-9-12(10-16)6-7-19(15)18-14/h2-7,9H,8H2,1H3. The van der Waals surface area contributed by atoms with E-state index in [0.717, 1.165) is 17.1 Å². The Balaban J connectivity index is 1.88. The molecule has 98 valence electrons. The minimum Gasteiger partial charge on any atom is -0.497 e. The largest absolute Gasteiger partial charge is 0.497 e. The molecule has 0 saturated carbocycles. The van der Waals surface area contributed by atoms with Gasteiger partial charge in [0.25, 0.3) is 0 Å². The Labute approximate surface area is 116 Å². The highest BCUT2D eigenvalue weighted by Crippen LogP contribution is 2.14. The predicted molar refractivity (Wildman–Crippen MR) is 73.5 cm³/mol. The topological polar surface area (TPSA) is 63.2 Å². The van der Waals surface area contributed by atoms with Gasteiger partial charge >= 0.3 is 0 Å². The minimum atomic E-state index is 0.584. The first-order chi connectivity index (χ1) is 9.78. The van der Waals surface area contributed by atoms with Crippen molar-refractivity contribution in [2.45, 2.75) is 6.42 Å². The van der Waals surface area contributed by atoms with Crippen LogP contribution in [-0.4, -0.2) is 21.7 Å². The molecule has 20 heavy (non-hydrogen) atoms. The first-order valence-corrected chi connectivity index (χ1v) is 6.17. The van der Waals surface area contributed by atoms with Crippen molar-refractivity contribution in [2.75, 3.05) is 7.11 Å². The number of fused-ring (bicyclic) bond motifs is 1. The van der Waals surface area contributed by atoms with Crippen LogP contribution in [0.4, 0.5) is 0 Å². The summed E-state index contributed by atoms with van der Waals surface area (Å²) in [6, 6.07) is 13.4. The highest BCUT2D eigenvalue weighted by Gasteiger charge is 2.05. The molecule has 5 nitrogen and oxygen atoms in total. The Kier molecular flexibility index (Phi) is 3.05. The normalized spacial score (nSPS) is 10.4. The molecule has 3 aromatic rings. The zero-order valence-corrected chi connectivity index (χ0v) is 10.9. The van der Waals surface area contributed by atoms with Gasteiger partial charge in [0.1, 0.15) is 5.75 Å². The molecular weight excluding hydrogens is 252 g/mol. The predicted octanol–water partition coefficient (Wildman–Crippen LogP) is 2.20. The number of benzene rings is 1. The van der Waals surface area contributed by atoms with E-state index in [2.05, 4.69) is 16.2 Å². The molecule has 3 rings (SSSR count). The van der Waals surface area contributed by atoms with Crippen LogP contribution in [0, 0.1) is 11.3 Å². The maximum absolute atomic E-state index is 8.87. The van der Waals surface area contributed by atoms with Crippen molar-refractivity contribution < 1.29 is 4.74 Å². The third-order valence-corrected chi connectivity index (χ3v) is 3.03. The summed E-state index contributed by atoms with van der Waals surface area (Å²) in [6.07, 6.45) is 2.39. The number of pyridine rings is 1. The molecule has 0 amide bonds. The van der Waals surface area contributed by atoms with E-state index in [-0.39, 0.29) is 0 Å². The van der Waals surface area contributed by atoms with E-state index < -0.39 is 0 Å². The number of methoxy groups -OCH3 is 1. The van der Waals surface area contributed by atoms with Crippen LogP contribution in [0.5, 0.6) is 5.75 Å². The van der Waals surface area contributed by atoms with Crippen LogP contribution in [0.2, 0.25) is 0 Å². The molecule has 0 fully saturated rings. The first kappa shape index (κ1) is 12.2.